The van der Waals surface area contributed by atoms with Crippen LogP contribution in [-0.4, -0.2) is 16.8 Å². The quantitative estimate of drug-likeness (QED) is 0.758. The first-order valence-electron chi connectivity index (χ1n) is 5.91. The van der Waals surface area contributed by atoms with Gasteiger partial charge in [-0.15, -0.1) is 0 Å². The van der Waals surface area contributed by atoms with Gasteiger partial charge >= 0.3 is 0 Å². The zero-order chi connectivity index (χ0) is 13.3. The van der Waals surface area contributed by atoms with Gasteiger partial charge in [0.1, 0.15) is 0 Å². The van der Waals surface area contributed by atoms with E-state index in [2.05, 4.69) is 0 Å². The number of aromatic nitrogens is 1. The molecule has 2 aromatic rings. The van der Waals surface area contributed by atoms with Crippen LogP contribution in [0.25, 0.3) is 10.9 Å². The van der Waals surface area contributed by atoms with Crippen molar-refractivity contribution in [3.8, 4) is 0 Å². The molecule has 0 N–H and O–H groups in total. The third kappa shape index (κ3) is 2.28. The van der Waals surface area contributed by atoms with Gasteiger partial charge in [-0.25, -0.2) is 8.78 Å². The van der Waals surface area contributed by atoms with Gasteiger partial charge < -0.3 is 4.57 Å². The largest absolute Gasteiger partial charge is 0.341 e. The molecule has 1 aromatic heterocycles. The molecule has 0 aliphatic carbocycles. The summed E-state index contributed by atoms with van der Waals surface area (Å²) < 4.78 is 26.5. The molecule has 0 saturated carbocycles. The molecular formula is C14H15F2NO. The number of nitrogens with zero attached hydrogens (tertiary/aromatic N) is 1. The van der Waals surface area contributed by atoms with Gasteiger partial charge in [-0.2, -0.15) is 0 Å². The number of ketones is 1. The van der Waals surface area contributed by atoms with E-state index in [1.807, 2.05) is 19.9 Å². The Kier molecular flexibility index (Phi) is 3.45. The number of hydrogen-bond acceptors (Lipinski definition) is 1. The van der Waals surface area contributed by atoms with Gasteiger partial charge in [-0.1, -0.05) is 32.0 Å². The van der Waals surface area contributed by atoms with E-state index in [4.69, 9.17) is 0 Å². The molecule has 0 atom stereocenters. The van der Waals surface area contributed by atoms with Crippen molar-refractivity contribution in [2.75, 3.05) is 0 Å². The highest BCUT2D eigenvalue weighted by molar-refractivity contribution is 6.08. The van der Waals surface area contributed by atoms with Gasteiger partial charge in [0.2, 0.25) is 0 Å². The molecule has 0 radical (unpaired) electrons. The van der Waals surface area contributed by atoms with E-state index >= 15 is 0 Å². The predicted octanol–water partition coefficient (Wildman–Crippen LogP) is 3.75. The van der Waals surface area contributed by atoms with E-state index in [0.717, 1.165) is 5.39 Å². The van der Waals surface area contributed by atoms with Crippen LogP contribution in [0.3, 0.4) is 0 Å². The van der Waals surface area contributed by atoms with Crippen LogP contribution in [-0.2, 0) is 6.54 Å². The number of rotatable bonds is 4. The fourth-order valence-corrected chi connectivity index (χ4v) is 2.05. The fourth-order valence-electron chi connectivity index (χ4n) is 2.05. The average Bonchev–Trinajstić information content (AvgIpc) is 2.67. The average molecular weight is 251 g/mol. The van der Waals surface area contributed by atoms with Crippen molar-refractivity contribution >= 4 is 16.7 Å². The van der Waals surface area contributed by atoms with Crippen molar-refractivity contribution < 1.29 is 13.6 Å². The summed E-state index contributed by atoms with van der Waals surface area (Å²) in [5, 5.41) is 0.747. The number of hydrogen-bond donors (Lipinski definition) is 0. The SMILES string of the molecule is CC(C)C(=O)c1cn(CC(F)F)c2ccccc12. The minimum Gasteiger partial charge on any atom is -0.341 e. The van der Waals surface area contributed by atoms with E-state index in [9.17, 15) is 13.6 Å². The van der Waals surface area contributed by atoms with Crippen molar-refractivity contribution in [2.24, 2.45) is 5.92 Å². The third-order valence-electron chi connectivity index (χ3n) is 2.91. The lowest BCUT2D eigenvalue weighted by Crippen LogP contribution is -2.08. The van der Waals surface area contributed by atoms with Crippen molar-refractivity contribution in [3.63, 3.8) is 0 Å². The lowest BCUT2D eigenvalue weighted by molar-refractivity contribution is 0.0939. The Morgan fingerprint density at radius 1 is 1.28 bits per heavy atom. The van der Waals surface area contributed by atoms with Crippen molar-refractivity contribution in [3.05, 3.63) is 36.0 Å². The van der Waals surface area contributed by atoms with Crippen LogP contribution < -0.4 is 0 Å². The number of carbonyl (C=O) groups excluding carboxylic acids is 1. The molecule has 0 saturated heterocycles. The first kappa shape index (κ1) is 12.7. The first-order chi connectivity index (χ1) is 8.50. The summed E-state index contributed by atoms with van der Waals surface area (Å²) in [4.78, 5) is 12.1. The number of fused-ring (bicyclic) bond motifs is 1. The highest BCUT2D eigenvalue weighted by atomic mass is 19.3. The minimum absolute atomic E-state index is 0.0146. The van der Waals surface area contributed by atoms with Crippen LogP contribution in [0, 0.1) is 5.92 Å². The van der Waals surface area contributed by atoms with Crippen LogP contribution in [0.2, 0.25) is 0 Å². The lowest BCUT2D eigenvalue weighted by atomic mass is 10.0. The normalized spacial score (nSPS) is 11.7. The molecule has 0 fully saturated rings. The van der Waals surface area contributed by atoms with Crippen LogP contribution >= 0.6 is 0 Å². The standard InChI is InChI=1S/C14H15F2NO/c1-9(2)14(18)11-7-17(8-13(15)16)12-6-4-3-5-10(11)12/h3-7,9,13H,8H2,1-2H3. The Morgan fingerprint density at radius 2 is 1.94 bits per heavy atom. The molecular weight excluding hydrogens is 236 g/mol. The highest BCUT2D eigenvalue weighted by Crippen LogP contribution is 2.24. The fraction of sp³-hybridized carbons (Fsp3) is 0.357. The molecule has 0 spiro atoms. The van der Waals surface area contributed by atoms with E-state index in [0.29, 0.717) is 11.1 Å². The van der Waals surface area contributed by atoms with E-state index in [-0.39, 0.29) is 18.2 Å². The van der Waals surface area contributed by atoms with Gasteiger partial charge in [0.15, 0.2) is 5.78 Å². The second-order valence-corrected chi connectivity index (χ2v) is 4.62. The summed E-state index contributed by atoms with van der Waals surface area (Å²) >= 11 is 0. The van der Waals surface area contributed by atoms with Gasteiger partial charge in [0, 0.05) is 28.6 Å². The molecule has 18 heavy (non-hydrogen) atoms. The van der Waals surface area contributed by atoms with Gasteiger partial charge in [0.25, 0.3) is 6.43 Å². The molecule has 0 amide bonds. The number of Topliss-reactive ketones (excluding diaryl/α,β-unsaturated/α-hetero) is 1. The van der Waals surface area contributed by atoms with Crippen LogP contribution in [0.4, 0.5) is 8.78 Å². The number of benzene rings is 1. The van der Waals surface area contributed by atoms with Crippen LogP contribution in [0.5, 0.6) is 0 Å². The summed E-state index contributed by atoms with van der Waals surface area (Å²) in [6.45, 7) is 3.23. The minimum atomic E-state index is -2.43. The molecule has 0 aliphatic heterocycles. The smallest absolute Gasteiger partial charge is 0.256 e. The Balaban J connectivity index is 2.57. The summed E-state index contributed by atoms with van der Waals surface area (Å²) in [5.41, 5.74) is 1.21. The molecule has 1 heterocycles. The molecule has 0 bridgehead atoms. The monoisotopic (exact) mass is 251 g/mol. The predicted molar refractivity (Wildman–Crippen MR) is 67.1 cm³/mol. The van der Waals surface area contributed by atoms with Gasteiger partial charge in [-0.05, 0) is 6.07 Å². The summed E-state index contributed by atoms with van der Waals surface area (Å²) in [6.07, 6.45) is -0.887. The number of carbonyl (C=O) groups is 1. The number of alkyl halides is 2. The Labute approximate surface area is 104 Å². The summed E-state index contributed by atoms with van der Waals surface area (Å²) in [6, 6.07) is 7.15. The highest BCUT2D eigenvalue weighted by Gasteiger charge is 2.18. The lowest BCUT2D eigenvalue weighted by Gasteiger charge is -2.03. The molecule has 1 aromatic carbocycles. The first-order valence-corrected chi connectivity index (χ1v) is 5.91. The Hall–Kier alpha value is -1.71. The van der Waals surface area contributed by atoms with Gasteiger partial charge in [-0.3, -0.25) is 4.79 Å². The second-order valence-electron chi connectivity index (χ2n) is 4.62. The molecule has 2 rings (SSSR count). The van der Waals surface area contributed by atoms with Crippen molar-refractivity contribution in [2.45, 2.75) is 26.8 Å². The zero-order valence-electron chi connectivity index (χ0n) is 10.4. The van der Waals surface area contributed by atoms with E-state index in [1.54, 1.807) is 24.4 Å². The number of para-hydroxylation sites is 1. The third-order valence-corrected chi connectivity index (χ3v) is 2.91. The topological polar surface area (TPSA) is 22.0 Å². The molecule has 96 valence electrons. The Morgan fingerprint density at radius 3 is 2.56 bits per heavy atom. The zero-order valence-corrected chi connectivity index (χ0v) is 10.4. The number of halogens is 2. The molecule has 0 aliphatic rings. The maximum absolute atomic E-state index is 12.5. The Bertz CT molecular complexity index is 572. The van der Waals surface area contributed by atoms with E-state index < -0.39 is 6.43 Å². The van der Waals surface area contributed by atoms with Crippen LogP contribution in [0.1, 0.15) is 24.2 Å². The molecule has 2 nitrogen and oxygen atoms in total. The maximum Gasteiger partial charge on any atom is 0.256 e. The summed E-state index contributed by atoms with van der Waals surface area (Å²) in [5.74, 6) is -0.157. The molecule has 4 heteroatoms. The maximum atomic E-state index is 12.5. The molecule has 0 unspecified atom stereocenters. The second kappa shape index (κ2) is 4.88. The van der Waals surface area contributed by atoms with Gasteiger partial charge in [0.05, 0.1) is 6.54 Å². The van der Waals surface area contributed by atoms with Crippen molar-refractivity contribution in [1.82, 2.24) is 4.57 Å². The van der Waals surface area contributed by atoms with Crippen molar-refractivity contribution in [1.29, 1.82) is 0 Å². The summed E-state index contributed by atoms with van der Waals surface area (Å²) in [7, 11) is 0. The van der Waals surface area contributed by atoms with E-state index in [1.165, 1.54) is 4.57 Å². The van der Waals surface area contributed by atoms with Crippen LogP contribution in [0.15, 0.2) is 30.5 Å².